The Bertz CT molecular complexity index is 602. The molecule has 1 atom stereocenters. The van der Waals surface area contributed by atoms with Gasteiger partial charge in [0.15, 0.2) is 0 Å². The van der Waals surface area contributed by atoms with Crippen molar-refractivity contribution < 1.29 is 31.5 Å². The number of ether oxygens (including phenoxy) is 1. The number of halogens is 5. The number of nitrogens with two attached hydrogens (primary N) is 1. The summed E-state index contributed by atoms with van der Waals surface area (Å²) in [5.41, 5.74) is 4.30. The van der Waals surface area contributed by atoms with Gasteiger partial charge in [-0.25, -0.2) is 13.6 Å². The molecule has 24 heavy (non-hydrogen) atoms. The van der Waals surface area contributed by atoms with Gasteiger partial charge in [0.05, 0.1) is 5.54 Å². The van der Waals surface area contributed by atoms with Gasteiger partial charge in [0.2, 0.25) is 6.43 Å². The maximum atomic E-state index is 12.7. The molecule has 3 N–H and O–H groups in total. The lowest BCUT2D eigenvalue weighted by molar-refractivity contribution is -0.274. The number of nitrogens with one attached hydrogen (secondary N) is 1. The van der Waals surface area contributed by atoms with Gasteiger partial charge in [-0.1, -0.05) is 12.1 Å². The summed E-state index contributed by atoms with van der Waals surface area (Å²) < 4.78 is 66.3. The zero-order valence-electron chi connectivity index (χ0n) is 12.7. The summed E-state index contributed by atoms with van der Waals surface area (Å²) in [7, 11) is 0. The number of alkyl halides is 5. The zero-order valence-corrected chi connectivity index (χ0v) is 12.7. The minimum atomic E-state index is -4.86. The molecule has 2 rings (SSSR count). The molecule has 0 saturated heterocycles. The minimum absolute atomic E-state index is 0.138. The highest BCUT2D eigenvalue weighted by atomic mass is 19.4. The molecule has 0 radical (unpaired) electrons. The number of carbonyl (C=O) groups excluding carboxylic acids is 1. The monoisotopic (exact) mass is 352 g/mol. The van der Waals surface area contributed by atoms with E-state index in [4.69, 9.17) is 5.73 Å². The molecule has 1 saturated carbocycles. The average molecular weight is 352 g/mol. The van der Waals surface area contributed by atoms with Crippen LogP contribution in [0.25, 0.3) is 0 Å². The number of rotatable bonds is 5. The molecule has 0 aromatic heterocycles. The number of hydrogen-bond donors (Lipinski definition) is 2. The third-order valence-corrected chi connectivity index (χ3v) is 4.40. The Morgan fingerprint density at radius 1 is 1.33 bits per heavy atom. The SMILES string of the molecule is C[C@@](NC(N)=O)(c1cccc(OC(F)(F)F)c1)C1CC(C(F)F)C1. The van der Waals surface area contributed by atoms with Crippen molar-refractivity contribution in [3.8, 4) is 5.75 Å². The van der Waals surface area contributed by atoms with Crippen LogP contribution in [-0.2, 0) is 5.54 Å². The van der Waals surface area contributed by atoms with Gasteiger partial charge in [-0.2, -0.15) is 0 Å². The molecule has 1 aliphatic carbocycles. The van der Waals surface area contributed by atoms with Crippen molar-refractivity contribution in [2.24, 2.45) is 17.6 Å². The van der Waals surface area contributed by atoms with Gasteiger partial charge >= 0.3 is 12.4 Å². The van der Waals surface area contributed by atoms with Crippen LogP contribution in [-0.4, -0.2) is 18.8 Å². The molecular weight excluding hydrogens is 335 g/mol. The summed E-state index contributed by atoms with van der Waals surface area (Å²) in [4.78, 5) is 11.3. The molecule has 0 aliphatic heterocycles. The fraction of sp³-hybridized carbons (Fsp3) is 0.533. The lowest BCUT2D eigenvalue weighted by Gasteiger charge is -2.47. The number of primary amides is 1. The second kappa shape index (κ2) is 6.45. The maximum Gasteiger partial charge on any atom is 0.573 e. The van der Waals surface area contributed by atoms with Crippen LogP contribution in [0.2, 0.25) is 0 Å². The van der Waals surface area contributed by atoms with E-state index >= 15 is 0 Å². The lowest BCUT2D eigenvalue weighted by atomic mass is 9.63. The van der Waals surface area contributed by atoms with Gasteiger partial charge in [-0.15, -0.1) is 13.2 Å². The van der Waals surface area contributed by atoms with E-state index in [2.05, 4.69) is 10.1 Å². The van der Waals surface area contributed by atoms with Crippen molar-refractivity contribution in [1.82, 2.24) is 5.32 Å². The second-order valence-corrected chi connectivity index (χ2v) is 6.03. The van der Waals surface area contributed by atoms with E-state index in [1.807, 2.05) is 0 Å². The van der Waals surface area contributed by atoms with Crippen molar-refractivity contribution in [3.63, 3.8) is 0 Å². The van der Waals surface area contributed by atoms with E-state index in [0.717, 1.165) is 12.1 Å². The summed E-state index contributed by atoms with van der Waals surface area (Å²) >= 11 is 0. The Kier molecular flexibility index (Phi) is 4.91. The minimum Gasteiger partial charge on any atom is -0.406 e. The molecule has 1 fully saturated rings. The van der Waals surface area contributed by atoms with Gasteiger partial charge in [0, 0.05) is 5.92 Å². The van der Waals surface area contributed by atoms with Crippen LogP contribution in [0.3, 0.4) is 0 Å². The second-order valence-electron chi connectivity index (χ2n) is 6.03. The van der Waals surface area contributed by atoms with E-state index in [1.165, 1.54) is 12.1 Å². The molecule has 0 unspecified atom stereocenters. The Hall–Kier alpha value is -2.06. The lowest BCUT2D eigenvalue weighted by Crippen LogP contribution is -2.55. The number of benzene rings is 1. The summed E-state index contributed by atoms with van der Waals surface area (Å²) in [5.74, 6) is -1.62. The van der Waals surface area contributed by atoms with Crippen LogP contribution in [0.1, 0.15) is 25.3 Å². The van der Waals surface area contributed by atoms with Gasteiger partial charge in [-0.05, 0) is 43.4 Å². The van der Waals surface area contributed by atoms with E-state index in [9.17, 15) is 26.7 Å². The van der Waals surface area contributed by atoms with E-state index in [0.29, 0.717) is 5.56 Å². The smallest absolute Gasteiger partial charge is 0.406 e. The van der Waals surface area contributed by atoms with Crippen molar-refractivity contribution >= 4 is 6.03 Å². The Labute approximate surface area is 135 Å². The summed E-state index contributed by atoms with van der Waals surface area (Å²) in [6.07, 6.45) is -7.06. The highest BCUT2D eigenvalue weighted by Crippen LogP contribution is 2.48. The van der Waals surface area contributed by atoms with Crippen LogP contribution < -0.4 is 15.8 Å². The Balaban J connectivity index is 2.28. The van der Waals surface area contributed by atoms with E-state index < -0.39 is 36.0 Å². The Morgan fingerprint density at radius 2 is 1.96 bits per heavy atom. The third-order valence-electron chi connectivity index (χ3n) is 4.40. The number of hydrogen-bond acceptors (Lipinski definition) is 2. The predicted octanol–water partition coefficient (Wildman–Crippen LogP) is 3.76. The fourth-order valence-corrected chi connectivity index (χ4v) is 3.02. The van der Waals surface area contributed by atoms with E-state index in [-0.39, 0.29) is 18.8 Å². The Morgan fingerprint density at radius 3 is 2.46 bits per heavy atom. The van der Waals surface area contributed by atoms with Gasteiger partial charge < -0.3 is 15.8 Å². The highest BCUT2D eigenvalue weighted by molar-refractivity contribution is 5.73. The molecule has 0 bridgehead atoms. The molecular formula is C15H17F5N2O2. The van der Waals surface area contributed by atoms with Gasteiger partial charge in [-0.3, -0.25) is 0 Å². The molecule has 1 aromatic rings. The maximum absolute atomic E-state index is 12.7. The van der Waals surface area contributed by atoms with Crippen LogP contribution in [0.5, 0.6) is 5.75 Å². The molecule has 0 spiro atoms. The van der Waals surface area contributed by atoms with Crippen LogP contribution in [0.15, 0.2) is 24.3 Å². The molecule has 0 heterocycles. The largest absolute Gasteiger partial charge is 0.573 e. The first-order valence-electron chi connectivity index (χ1n) is 7.23. The van der Waals surface area contributed by atoms with Crippen molar-refractivity contribution in [3.05, 3.63) is 29.8 Å². The highest BCUT2D eigenvalue weighted by Gasteiger charge is 2.47. The first-order chi connectivity index (χ1) is 11.0. The van der Waals surface area contributed by atoms with Crippen LogP contribution >= 0.6 is 0 Å². The molecule has 2 amide bonds. The summed E-state index contributed by atoms with van der Waals surface area (Å²) in [6, 6.07) is 4.18. The summed E-state index contributed by atoms with van der Waals surface area (Å²) in [6.45, 7) is 1.55. The van der Waals surface area contributed by atoms with Crippen LogP contribution in [0, 0.1) is 11.8 Å². The zero-order chi connectivity index (χ0) is 18.1. The van der Waals surface area contributed by atoms with Crippen molar-refractivity contribution in [2.45, 2.75) is 38.1 Å². The first-order valence-corrected chi connectivity index (χ1v) is 7.23. The number of carbonyl (C=O) groups is 1. The topological polar surface area (TPSA) is 64.3 Å². The normalized spacial score (nSPS) is 23.3. The fourth-order valence-electron chi connectivity index (χ4n) is 3.02. The average Bonchev–Trinajstić information content (AvgIpc) is 2.33. The van der Waals surface area contributed by atoms with Crippen molar-refractivity contribution in [1.29, 1.82) is 0 Å². The molecule has 9 heteroatoms. The molecule has 4 nitrogen and oxygen atoms in total. The predicted molar refractivity (Wildman–Crippen MR) is 75.4 cm³/mol. The summed E-state index contributed by atoms with van der Waals surface area (Å²) in [5, 5.41) is 2.48. The number of urea groups is 1. The first kappa shape index (κ1) is 18.3. The van der Waals surface area contributed by atoms with Gasteiger partial charge in [0.1, 0.15) is 5.75 Å². The molecule has 1 aliphatic rings. The molecule has 134 valence electrons. The molecule has 1 aromatic carbocycles. The van der Waals surface area contributed by atoms with E-state index in [1.54, 1.807) is 6.92 Å². The quantitative estimate of drug-likeness (QED) is 0.793. The third kappa shape index (κ3) is 4.07. The standard InChI is InChI=1S/C15H17F5N2O2/c1-14(22-13(21)23,10-5-8(6-10)12(16)17)9-3-2-4-11(7-9)24-15(18,19)20/h2-4,7-8,10,12H,5-6H2,1H3,(H3,21,22,23)/t8?,10?,14-/m1/s1. The van der Waals surface area contributed by atoms with Gasteiger partial charge in [0.25, 0.3) is 0 Å². The van der Waals surface area contributed by atoms with Crippen molar-refractivity contribution in [2.75, 3.05) is 0 Å². The number of amides is 2. The van der Waals surface area contributed by atoms with Crippen LogP contribution in [0.4, 0.5) is 26.7 Å².